The van der Waals surface area contributed by atoms with Crippen LogP contribution in [0.15, 0.2) is 30.3 Å². The fourth-order valence-electron chi connectivity index (χ4n) is 3.24. The lowest BCUT2D eigenvalue weighted by molar-refractivity contribution is -0.535. The molecule has 22 heavy (non-hydrogen) atoms. The maximum absolute atomic E-state index is 11.6. The van der Waals surface area contributed by atoms with Crippen molar-refractivity contribution in [2.45, 2.75) is 38.9 Å². The average Bonchev–Trinajstić information content (AvgIpc) is 2.80. The van der Waals surface area contributed by atoms with E-state index in [0.29, 0.717) is 0 Å². The number of nitrogens with zero attached hydrogens (tertiary/aromatic N) is 1. The third-order valence-electron chi connectivity index (χ3n) is 4.10. The number of halogens is 1. The van der Waals surface area contributed by atoms with Gasteiger partial charge >= 0.3 is 5.97 Å². The van der Waals surface area contributed by atoms with Crippen molar-refractivity contribution in [1.82, 2.24) is 5.32 Å². The van der Waals surface area contributed by atoms with Crippen molar-refractivity contribution < 1.29 is 14.8 Å². The van der Waals surface area contributed by atoms with Crippen LogP contribution in [0, 0.1) is 21.4 Å². The smallest absolute Gasteiger partial charge is 0.321 e. The molecule has 0 aromatic heterocycles. The molecule has 0 saturated carbocycles. The molecule has 1 heterocycles. The van der Waals surface area contributed by atoms with Crippen LogP contribution in [-0.2, 0) is 4.79 Å². The molecule has 7 heteroatoms. The first kappa shape index (κ1) is 18.4. The molecule has 0 unspecified atom stereocenters. The van der Waals surface area contributed by atoms with E-state index in [0.717, 1.165) is 5.56 Å². The normalized spacial score (nSPS) is 28.0. The molecule has 2 N–H and O–H groups in total. The molecule has 1 fully saturated rings. The van der Waals surface area contributed by atoms with E-state index in [1.807, 2.05) is 26.8 Å². The number of hydrogen-bond acceptors (Lipinski definition) is 4. The summed E-state index contributed by atoms with van der Waals surface area (Å²) < 4.78 is 0. The van der Waals surface area contributed by atoms with E-state index >= 15 is 0 Å². The molecule has 1 aromatic carbocycles. The average molecular weight is 329 g/mol. The Labute approximate surface area is 135 Å². The monoisotopic (exact) mass is 328 g/mol. The van der Waals surface area contributed by atoms with Gasteiger partial charge in [0.15, 0.2) is 0 Å². The summed E-state index contributed by atoms with van der Waals surface area (Å²) in [5.74, 6) is -1.63. The lowest BCUT2D eigenvalue weighted by atomic mass is 9.73. The highest BCUT2D eigenvalue weighted by atomic mass is 35.5. The summed E-state index contributed by atoms with van der Waals surface area (Å²) in [5.41, 5.74) is 0.259. The van der Waals surface area contributed by atoms with Gasteiger partial charge in [-0.3, -0.25) is 20.2 Å². The maximum atomic E-state index is 11.6. The zero-order chi connectivity index (χ0) is 15.8. The molecular formula is C15H21ClN2O4. The van der Waals surface area contributed by atoms with Crippen LogP contribution in [0.3, 0.4) is 0 Å². The minimum atomic E-state index is -1.04. The predicted molar refractivity (Wildman–Crippen MR) is 84.7 cm³/mol. The Kier molecular flexibility index (Phi) is 5.54. The van der Waals surface area contributed by atoms with Crippen molar-refractivity contribution in [2.75, 3.05) is 0 Å². The number of aliphatic carboxylic acids is 1. The van der Waals surface area contributed by atoms with Gasteiger partial charge in [-0.15, -0.1) is 12.4 Å². The van der Waals surface area contributed by atoms with Crippen molar-refractivity contribution >= 4 is 18.4 Å². The van der Waals surface area contributed by atoms with Gasteiger partial charge in [0.1, 0.15) is 12.1 Å². The second kappa shape index (κ2) is 6.62. The number of nitro groups is 1. The number of carboxylic acid groups (broad SMARTS) is 1. The number of carbonyl (C=O) groups is 1. The van der Waals surface area contributed by atoms with Crippen LogP contribution in [0.25, 0.3) is 0 Å². The van der Waals surface area contributed by atoms with Gasteiger partial charge in [-0.1, -0.05) is 51.1 Å². The highest BCUT2D eigenvalue weighted by Gasteiger charge is 2.57. The van der Waals surface area contributed by atoms with Gasteiger partial charge in [-0.05, 0) is 11.0 Å². The van der Waals surface area contributed by atoms with E-state index in [1.54, 1.807) is 24.3 Å². The topological polar surface area (TPSA) is 92.5 Å². The Morgan fingerprint density at radius 3 is 2.23 bits per heavy atom. The van der Waals surface area contributed by atoms with Crippen LogP contribution in [0.2, 0.25) is 0 Å². The van der Waals surface area contributed by atoms with Crippen LogP contribution in [0.5, 0.6) is 0 Å². The first-order chi connectivity index (χ1) is 9.73. The van der Waals surface area contributed by atoms with Crippen molar-refractivity contribution in [2.24, 2.45) is 11.3 Å². The second-order valence-electron chi connectivity index (χ2n) is 6.54. The minimum absolute atomic E-state index is 0. The molecule has 0 amide bonds. The number of benzene rings is 1. The van der Waals surface area contributed by atoms with Crippen molar-refractivity contribution in [1.29, 1.82) is 0 Å². The largest absolute Gasteiger partial charge is 0.480 e. The molecule has 0 aliphatic carbocycles. The molecule has 0 spiro atoms. The summed E-state index contributed by atoms with van der Waals surface area (Å²) in [7, 11) is 0. The minimum Gasteiger partial charge on any atom is -0.480 e. The Morgan fingerprint density at radius 2 is 1.82 bits per heavy atom. The molecule has 4 atom stereocenters. The van der Waals surface area contributed by atoms with Crippen molar-refractivity contribution in [3.05, 3.63) is 46.0 Å². The molecule has 2 rings (SSSR count). The van der Waals surface area contributed by atoms with Gasteiger partial charge in [0.25, 0.3) is 0 Å². The molecule has 0 radical (unpaired) electrons. The summed E-state index contributed by atoms with van der Waals surface area (Å²) >= 11 is 0. The molecule has 1 saturated heterocycles. The van der Waals surface area contributed by atoms with E-state index in [-0.39, 0.29) is 17.3 Å². The van der Waals surface area contributed by atoms with Crippen LogP contribution in [-0.4, -0.2) is 28.1 Å². The molecule has 1 aliphatic rings. The van der Waals surface area contributed by atoms with Crippen LogP contribution in [0.1, 0.15) is 32.4 Å². The molecule has 1 aliphatic heterocycles. The molecule has 1 aromatic rings. The molecule has 122 valence electrons. The molecular weight excluding hydrogens is 308 g/mol. The van der Waals surface area contributed by atoms with E-state index in [2.05, 4.69) is 5.32 Å². The number of nitrogens with one attached hydrogen (secondary N) is 1. The summed E-state index contributed by atoms with van der Waals surface area (Å²) in [6.07, 6.45) is 0. The van der Waals surface area contributed by atoms with Gasteiger partial charge < -0.3 is 5.11 Å². The van der Waals surface area contributed by atoms with E-state index in [9.17, 15) is 20.0 Å². The van der Waals surface area contributed by atoms with Crippen molar-refractivity contribution in [3.63, 3.8) is 0 Å². The fraction of sp³-hybridized carbons (Fsp3) is 0.533. The predicted octanol–water partition coefficient (Wildman–Crippen LogP) is 2.51. The van der Waals surface area contributed by atoms with E-state index in [4.69, 9.17) is 0 Å². The Hall–Kier alpha value is -1.66. The third kappa shape index (κ3) is 3.39. The Morgan fingerprint density at radius 1 is 1.27 bits per heavy atom. The van der Waals surface area contributed by atoms with Gasteiger partial charge in [0, 0.05) is 4.92 Å². The molecule has 0 bridgehead atoms. The lowest BCUT2D eigenvalue weighted by Crippen LogP contribution is -2.44. The lowest BCUT2D eigenvalue weighted by Gasteiger charge is -2.30. The number of hydrogen-bond donors (Lipinski definition) is 2. The SMILES string of the molecule is CC(C)(C)[C@@H]1[C@@H]([N+](=O)[O-])[C@@H](c2ccccc2)N[C@H]1C(=O)O.Cl. The zero-order valence-electron chi connectivity index (χ0n) is 12.7. The van der Waals surface area contributed by atoms with Crippen LogP contribution >= 0.6 is 12.4 Å². The van der Waals surface area contributed by atoms with E-state index in [1.165, 1.54) is 0 Å². The van der Waals surface area contributed by atoms with E-state index < -0.39 is 35.4 Å². The quantitative estimate of drug-likeness (QED) is 0.657. The second-order valence-corrected chi connectivity index (χ2v) is 6.54. The highest BCUT2D eigenvalue weighted by Crippen LogP contribution is 2.43. The van der Waals surface area contributed by atoms with Gasteiger partial charge in [-0.2, -0.15) is 0 Å². The summed E-state index contributed by atoms with van der Waals surface area (Å²) in [6.45, 7) is 5.54. The van der Waals surface area contributed by atoms with Gasteiger partial charge in [-0.25, -0.2) is 0 Å². The maximum Gasteiger partial charge on any atom is 0.321 e. The van der Waals surface area contributed by atoms with Crippen LogP contribution < -0.4 is 5.32 Å². The molecule has 6 nitrogen and oxygen atoms in total. The number of rotatable bonds is 3. The fourth-order valence-corrected chi connectivity index (χ4v) is 3.24. The zero-order valence-corrected chi connectivity index (χ0v) is 13.5. The Balaban J connectivity index is 0.00000242. The van der Waals surface area contributed by atoms with Gasteiger partial charge in [0.2, 0.25) is 6.04 Å². The first-order valence-corrected chi connectivity index (χ1v) is 6.91. The standard InChI is InChI=1S/C15H20N2O4.ClH/c1-15(2,3)10-12(14(18)19)16-11(13(10)17(20)21)9-7-5-4-6-8-9;/h4-8,10-13,16H,1-3H3,(H,18,19);1H/t10-,11+,12+,13+;/m0./s1. The summed E-state index contributed by atoms with van der Waals surface area (Å²) in [4.78, 5) is 22.8. The number of carboxylic acids is 1. The Bertz CT molecular complexity index is 544. The first-order valence-electron chi connectivity index (χ1n) is 6.91. The summed E-state index contributed by atoms with van der Waals surface area (Å²) in [6, 6.07) is 6.53. The van der Waals surface area contributed by atoms with Crippen LogP contribution in [0.4, 0.5) is 0 Å². The third-order valence-corrected chi connectivity index (χ3v) is 4.10. The van der Waals surface area contributed by atoms with Gasteiger partial charge in [0.05, 0.1) is 5.92 Å². The van der Waals surface area contributed by atoms with Crippen molar-refractivity contribution in [3.8, 4) is 0 Å². The highest BCUT2D eigenvalue weighted by molar-refractivity contribution is 5.85. The summed E-state index contributed by atoms with van der Waals surface area (Å²) in [5, 5.41) is 24.0.